The van der Waals surface area contributed by atoms with Gasteiger partial charge < -0.3 is 0 Å². The van der Waals surface area contributed by atoms with E-state index >= 15 is 0 Å². The standard InChI is InChI=1S/C16H38P2/c1-3-5-7-9-10-11-12-14-16-18-17-15-13-8-6-4-2/h18H,3-16H2,1-2,17H3. The van der Waals surface area contributed by atoms with Gasteiger partial charge in [0.15, 0.2) is 0 Å². The molecule has 0 aliphatic carbocycles. The Labute approximate surface area is 120 Å². The van der Waals surface area contributed by atoms with Crippen molar-refractivity contribution in [2.75, 3.05) is 12.3 Å². The second-order valence-corrected chi connectivity index (χ2v) is 10.8. The molecule has 0 heterocycles. The van der Waals surface area contributed by atoms with Crippen LogP contribution in [-0.2, 0) is 0 Å². The van der Waals surface area contributed by atoms with Crippen LogP contribution >= 0.6 is 16.5 Å². The molecule has 0 bridgehead atoms. The predicted octanol–water partition coefficient (Wildman–Crippen LogP) is 6.44. The fourth-order valence-electron chi connectivity index (χ4n) is 2.36. The normalized spacial score (nSPS) is 11.9. The quantitative estimate of drug-likeness (QED) is 0.240. The molecule has 0 aromatic heterocycles. The zero-order valence-corrected chi connectivity index (χ0v) is 15.5. The molecule has 0 nitrogen and oxygen atoms in total. The first-order valence-corrected chi connectivity index (χ1v) is 13.2. The van der Waals surface area contributed by atoms with Gasteiger partial charge >= 0.3 is 120 Å². The minimum atomic E-state index is 0.360. The van der Waals surface area contributed by atoms with Gasteiger partial charge in [-0.2, -0.15) is 0 Å². The van der Waals surface area contributed by atoms with Crippen LogP contribution in [0.5, 0.6) is 0 Å². The summed E-state index contributed by atoms with van der Waals surface area (Å²) in [6.45, 7) is 4.61. The van der Waals surface area contributed by atoms with E-state index in [0.717, 1.165) is 0 Å². The number of hydrogen-bond acceptors (Lipinski definition) is 0. The second kappa shape index (κ2) is 17.9. The van der Waals surface area contributed by atoms with Gasteiger partial charge in [0.1, 0.15) is 0 Å². The summed E-state index contributed by atoms with van der Waals surface area (Å²) in [7, 11) is 1.76. The van der Waals surface area contributed by atoms with Gasteiger partial charge in [0.05, 0.1) is 0 Å². The molecule has 0 rings (SSSR count). The Morgan fingerprint density at radius 3 is 1.72 bits per heavy atom. The van der Waals surface area contributed by atoms with Crippen molar-refractivity contribution in [3.8, 4) is 0 Å². The van der Waals surface area contributed by atoms with Crippen LogP contribution in [0.25, 0.3) is 0 Å². The Hall–Kier alpha value is 0.860. The van der Waals surface area contributed by atoms with E-state index < -0.39 is 0 Å². The van der Waals surface area contributed by atoms with Gasteiger partial charge in [0.2, 0.25) is 0 Å². The monoisotopic (exact) mass is 292 g/mol. The Morgan fingerprint density at radius 1 is 0.611 bits per heavy atom. The molecule has 2 heteroatoms. The minimum absolute atomic E-state index is 0.360. The van der Waals surface area contributed by atoms with E-state index in [9.17, 15) is 0 Å². The van der Waals surface area contributed by atoms with Crippen molar-refractivity contribution in [1.82, 2.24) is 0 Å². The molecule has 0 aliphatic heterocycles. The summed E-state index contributed by atoms with van der Waals surface area (Å²) in [5.74, 6) is 0. The molecule has 0 fully saturated rings. The van der Waals surface area contributed by atoms with Crippen molar-refractivity contribution in [3.63, 3.8) is 0 Å². The second-order valence-electron chi connectivity index (χ2n) is 5.64. The zero-order valence-electron chi connectivity index (χ0n) is 13.1. The van der Waals surface area contributed by atoms with Crippen LogP contribution in [0, 0.1) is 0 Å². The van der Waals surface area contributed by atoms with Crippen LogP contribution < -0.4 is 0 Å². The molecule has 18 heavy (non-hydrogen) atoms. The molecule has 1 atom stereocenters. The molecule has 0 N–H and O–H groups in total. The Kier molecular flexibility index (Phi) is 18.7. The van der Waals surface area contributed by atoms with Crippen LogP contribution in [0.15, 0.2) is 0 Å². The van der Waals surface area contributed by atoms with Gasteiger partial charge in [-0.25, -0.2) is 0 Å². The van der Waals surface area contributed by atoms with Crippen molar-refractivity contribution in [3.05, 3.63) is 0 Å². The third-order valence-corrected chi connectivity index (χ3v) is 8.76. The molecule has 0 amide bonds. The first-order chi connectivity index (χ1) is 8.91. The predicted molar refractivity (Wildman–Crippen MR) is 95.9 cm³/mol. The molecule has 0 saturated carbocycles. The topological polar surface area (TPSA) is 0 Å². The summed E-state index contributed by atoms with van der Waals surface area (Å²) < 4.78 is 0. The average molecular weight is 292 g/mol. The molecule has 0 aromatic rings. The van der Waals surface area contributed by atoms with E-state index in [1.54, 1.807) is 18.7 Å². The van der Waals surface area contributed by atoms with E-state index in [0.29, 0.717) is 8.27 Å². The van der Waals surface area contributed by atoms with E-state index in [1.807, 2.05) is 0 Å². The molecule has 1 unspecified atom stereocenters. The summed E-state index contributed by atoms with van der Waals surface area (Å²) in [5.41, 5.74) is 0. The van der Waals surface area contributed by atoms with E-state index in [1.165, 1.54) is 78.9 Å². The van der Waals surface area contributed by atoms with Gasteiger partial charge in [-0.1, -0.05) is 0 Å². The molecule has 0 spiro atoms. The van der Waals surface area contributed by atoms with Gasteiger partial charge in [0.25, 0.3) is 0 Å². The summed E-state index contributed by atoms with van der Waals surface area (Å²) >= 11 is 0. The van der Waals surface area contributed by atoms with Crippen molar-refractivity contribution in [2.24, 2.45) is 0 Å². The van der Waals surface area contributed by atoms with Crippen LogP contribution in [0.4, 0.5) is 0 Å². The SMILES string of the molecule is CCCCCCCCCCP[PH3]CCCCCC. The zero-order chi connectivity index (χ0) is 13.3. The van der Waals surface area contributed by atoms with E-state index in [2.05, 4.69) is 13.8 Å². The van der Waals surface area contributed by atoms with Crippen molar-refractivity contribution < 1.29 is 0 Å². The first kappa shape index (κ1) is 18.9. The van der Waals surface area contributed by atoms with Gasteiger partial charge in [0, 0.05) is 0 Å². The fraction of sp³-hybridized carbons (Fsp3) is 1.00. The van der Waals surface area contributed by atoms with Crippen LogP contribution in [0.3, 0.4) is 0 Å². The third-order valence-electron chi connectivity index (χ3n) is 3.66. The maximum atomic E-state index is 2.31. The maximum absolute atomic E-state index is 2.31. The summed E-state index contributed by atoms with van der Waals surface area (Å²) in [5, 5.41) is 0. The van der Waals surface area contributed by atoms with Crippen molar-refractivity contribution >= 4 is 16.5 Å². The van der Waals surface area contributed by atoms with Gasteiger partial charge in [-0.3, -0.25) is 0 Å². The fourth-order valence-corrected chi connectivity index (χ4v) is 6.97. The molecule has 112 valence electrons. The van der Waals surface area contributed by atoms with Crippen molar-refractivity contribution in [2.45, 2.75) is 90.9 Å². The summed E-state index contributed by atoms with van der Waals surface area (Å²) in [4.78, 5) is 0. The average Bonchev–Trinajstić information content (AvgIpc) is 2.39. The Balaban J connectivity index is 2.86. The third kappa shape index (κ3) is 16.9. The first-order valence-electron chi connectivity index (χ1n) is 8.62. The Bertz CT molecular complexity index is 121. The Morgan fingerprint density at radius 2 is 1.11 bits per heavy atom. The summed E-state index contributed by atoms with van der Waals surface area (Å²) in [6, 6.07) is 0. The molecule has 0 aromatic carbocycles. The van der Waals surface area contributed by atoms with Gasteiger partial charge in [-0.15, -0.1) is 0 Å². The molecule has 0 saturated heterocycles. The number of rotatable bonds is 15. The van der Waals surface area contributed by atoms with E-state index in [4.69, 9.17) is 0 Å². The molecule has 0 radical (unpaired) electrons. The summed E-state index contributed by atoms with van der Waals surface area (Å²) in [6.07, 6.45) is 21.0. The number of hydrogen-bond donors (Lipinski definition) is 0. The van der Waals surface area contributed by atoms with Crippen molar-refractivity contribution in [1.29, 1.82) is 0 Å². The number of unbranched alkanes of at least 4 members (excludes halogenated alkanes) is 10. The van der Waals surface area contributed by atoms with Crippen LogP contribution in [0.2, 0.25) is 0 Å². The van der Waals surface area contributed by atoms with Crippen LogP contribution in [-0.4, -0.2) is 12.3 Å². The molecule has 0 aliphatic rings. The van der Waals surface area contributed by atoms with E-state index in [-0.39, 0.29) is 0 Å². The van der Waals surface area contributed by atoms with Crippen LogP contribution in [0.1, 0.15) is 90.9 Å². The van der Waals surface area contributed by atoms with Gasteiger partial charge in [-0.05, 0) is 0 Å². The molecular formula is C16H38P2. The molecular weight excluding hydrogens is 254 g/mol.